The zero-order valence-electron chi connectivity index (χ0n) is 19.4. The molecule has 176 valence electrons. The SMILES string of the molecule is Cc1cnc(N2CCC(CCn3cnc4ccccc43)CC2)c(NC(O)c2cccc(Cl)c2)c1. The number of piperidine rings is 1. The fraction of sp³-hybridized carbons (Fsp3) is 0.333. The molecule has 1 aliphatic heterocycles. The molecule has 2 N–H and O–H groups in total. The number of nitrogens with one attached hydrogen (secondary N) is 1. The quantitative estimate of drug-likeness (QED) is 0.330. The number of rotatable bonds is 7. The Morgan fingerprint density at radius 1 is 1.09 bits per heavy atom. The second-order valence-corrected chi connectivity index (χ2v) is 9.57. The zero-order chi connectivity index (χ0) is 23.5. The van der Waals surface area contributed by atoms with E-state index in [1.54, 1.807) is 12.1 Å². The van der Waals surface area contributed by atoms with Crippen LogP contribution in [0, 0.1) is 12.8 Å². The van der Waals surface area contributed by atoms with Gasteiger partial charge in [-0.25, -0.2) is 9.97 Å². The number of imidazole rings is 1. The summed E-state index contributed by atoms with van der Waals surface area (Å²) in [7, 11) is 0. The lowest BCUT2D eigenvalue weighted by Gasteiger charge is -2.34. The fourth-order valence-corrected chi connectivity index (χ4v) is 4.97. The first-order chi connectivity index (χ1) is 16.6. The van der Waals surface area contributed by atoms with E-state index in [4.69, 9.17) is 16.6 Å². The maximum Gasteiger partial charge on any atom is 0.152 e. The molecular formula is C27H30ClN5O. The van der Waals surface area contributed by atoms with Gasteiger partial charge >= 0.3 is 0 Å². The van der Waals surface area contributed by atoms with Gasteiger partial charge in [0.05, 0.1) is 23.0 Å². The number of halogens is 1. The van der Waals surface area contributed by atoms with Crippen molar-refractivity contribution in [3.05, 3.63) is 83.3 Å². The van der Waals surface area contributed by atoms with E-state index in [2.05, 4.69) is 38.0 Å². The first-order valence-corrected chi connectivity index (χ1v) is 12.3. The third kappa shape index (κ3) is 5.03. The molecule has 1 aliphatic rings. The largest absolute Gasteiger partial charge is 0.369 e. The van der Waals surface area contributed by atoms with Gasteiger partial charge in [-0.2, -0.15) is 0 Å². The Labute approximate surface area is 205 Å². The number of nitrogens with zero attached hydrogens (tertiary/aromatic N) is 4. The van der Waals surface area contributed by atoms with Gasteiger partial charge in [0.15, 0.2) is 12.0 Å². The van der Waals surface area contributed by atoms with Crippen LogP contribution in [0.1, 0.15) is 36.6 Å². The van der Waals surface area contributed by atoms with Crippen molar-refractivity contribution in [2.45, 2.75) is 39.0 Å². The molecule has 0 saturated carbocycles. The van der Waals surface area contributed by atoms with Crippen LogP contribution in [0.3, 0.4) is 0 Å². The number of aryl methyl sites for hydroxylation is 2. The average Bonchev–Trinajstić information content (AvgIpc) is 3.26. The van der Waals surface area contributed by atoms with Gasteiger partial charge in [-0.05, 0) is 68.0 Å². The lowest BCUT2D eigenvalue weighted by atomic mass is 9.93. The van der Waals surface area contributed by atoms with Crippen LogP contribution < -0.4 is 10.2 Å². The van der Waals surface area contributed by atoms with Crippen molar-refractivity contribution in [3.8, 4) is 0 Å². The summed E-state index contributed by atoms with van der Waals surface area (Å²) in [6.45, 7) is 4.91. The van der Waals surface area contributed by atoms with Crippen LogP contribution >= 0.6 is 11.6 Å². The summed E-state index contributed by atoms with van der Waals surface area (Å²) in [6, 6.07) is 17.6. The summed E-state index contributed by atoms with van der Waals surface area (Å²) in [6.07, 6.45) is 6.39. The van der Waals surface area contributed by atoms with Crippen molar-refractivity contribution in [1.82, 2.24) is 14.5 Å². The molecule has 2 aromatic heterocycles. The molecule has 0 radical (unpaired) electrons. The molecule has 0 spiro atoms. The monoisotopic (exact) mass is 475 g/mol. The summed E-state index contributed by atoms with van der Waals surface area (Å²) in [5, 5.41) is 14.6. The molecular weight excluding hydrogens is 446 g/mol. The highest BCUT2D eigenvalue weighted by Crippen LogP contribution is 2.32. The fourth-order valence-electron chi connectivity index (χ4n) is 4.77. The average molecular weight is 476 g/mol. The topological polar surface area (TPSA) is 66.2 Å². The number of anilines is 2. The molecule has 1 unspecified atom stereocenters. The molecule has 7 heteroatoms. The normalized spacial score (nSPS) is 15.6. The maximum absolute atomic E-state index is 10.8. The minimum absolute atomic E-state index is 0.603. The number of aliphatic hydroxyl groups is 1. The molecule has 34 heavy (non-hydrogen) atoms. The third-order valence-electron chi connectivity index (χ3n) is 6.68. The van der Waals surface area contributed by atoms with Crippen molar-refractivity contribution in [2.75, 3.05) is 23.3 Å². The lowest BCUT2D eigenvalue weighted by molar-refractivity contribution is 0.208. The van der Waals surface area contributed by atoms with Gasteiger partial charge in [0.1, 0.15) is 0 Å². The van der Waals surface area contributed by atoms with Crippen LogP contribution in [0.15, 0.2) is 67.1 Å². The molecule has 0 amide bonds. The van der Waals surface area contributed by atoms with Crippen LogP contribution in [-0.4, -0.2) is 32.7 Å². The number of aliphatic hydroxyl groups excluding tert-OH is 1. The van der Waals surface area contributed by atoms with Gasteiger partial charge in [0.2, 0.25) is 0 Å². The molecule has 3 heterocycles. The smallest absolute Gasteiger partial charge is 0.152 e. The Morgan fingerprint density at radius 3 is 2.74 bits per heavy atom. The second kappa shape index (κ2) is 10.0. The first kappa shape index (κ1) is 22.7. The summed E-state index contributed by atoms with van der Waals surface area (Å²) in [4.78, 5) is 11.6. The van der Waals surface area contributed by atoms with Crippen LogP contribution in [0.25, 0.3) is 11.0 Å². The van der Waals surface area contributed by atoms with Crippen LogP contribution in [0.5, 0.6) is 0 Å². The highest BCUT2D eigenvalue weighted by atomic mass is 35.5. The number of aromatic nitrogens is 3. The predicted octanol–water partition coefficient (Wildman–Crippen LogP) is 5.80. The highest BCUT2D eigenvalue weighted by Gasteiger charge is 2.23. The minimum atomic E-state index is -0.858. The second-order valence-electron chi connectivity index (χ2n) is 9.13. The molecule has 1 saturated heterocycles. The maximum atomic E-state index is 10.8. The van der Waals surface area contributed by atoms with E-state index in [9.17, 15) is 5.11 Å². The van der Waals surface area contributed by atoms with Crippen molar-refractivity contribution in [1.29, 1.82) is 0 Å². The molecule has 4 aromatic rings. The van der Waals surface area contributed by atoms with Crippen molar-refractivity contribution < 1.29 is 5.11 Å². The van der Waals surface area contributed by atoms with Gasteiger partial charge in [0.25, 0.3) is 0 Å². The van der Waals surface area contributed by atoms with Crippen molar-refractivity contribution >= 4 is 34.1 Å². The molecule has 2 aromatic carbocycles. The first-order valence-electron chi connectivity index (χ1n) is 11.9. The van der Waals surface area contributed by atoms with Crippen molar-refractivity contribution in [3.63, 3.8) is 0 Å². The molecule has 6 nitrogen and oxygen atoms in total. The minimum Gasteiger partial charge on any atom is -0.369 e. The summed E-state index contributed by atoms with van der Waals surface area (Å²) in [5.41, 5.74) is 4.88. The van der Waals surface area contributed by atoms with E-state index in [0.29, 0.717) is 10.9 Å². The summed E-state index contributed by atoms with van der Waals surface area (Å²) < 4.78 is 2.27. The van der Waals surface area contributed by atoms with Gasteiger partial charge in [-0.1, -0.05) is 35.9 Å². The van der Waals surface area contributed by atoms with Gasteiger partial charge in [-0.3, -0.25) is 0 Å². The van der Waals surface area contributed by atoms with E-state index in [1.165, 1.54) is 5.52 Å². The number of para-hydroxylation sites is 2. The van der Waals surface area contributed by atoms with Crippen LogP contribution in [0.4, 0.5) is 11.5 Å². The summed E-state index contributed by atoms with van der Waals surface area (Å²) in [5.74, 6) is 1.57. The Hall–Kier alpha value is -3.09. The Bertz CT molecular complexity index is 1260. The van der Waals surface area contributed by atoms with E-state index < -0.39 is 6.23 Å². The van der Waals surface area contributed by atoms with Crippen molar-refractivity contribution in [2.24, 2.45) is 5.92 Å². The van der Waals surface area contributed by atoms with Gasteiger partial charge in [0, 0.05) is 36.4 Å². The van der Waals surface area contributed by atoms with Crippen LogP contribution in [0.2, 0.25) is 5.02 Å². The third-order valence-corrected chi connectivity index (χ3v) is 6.91. The standard InChI is InChI=1S/C27H30ClN5O/c1-19-15-24(31-27(34)21-5-4-6-22(28)16-21)26(29-17-19)32-12-9-20(10-13-32)11-14-33-18-30-23-7-2-3-8-25(23)33/h2-8,15-18,20,27,31,34H,9-14H2,1H3. The van der Waals surface area contributed by atoms with E-state index >= 15 is 0 Å². The zero-order valence-corrected chi connectivity index (χ0v) is 20.1. The Balaban J connectivity index is 1.22. The molecule has 5 rings (SSSR count). The van der Waals surface area contributed by atoms with Gasteiger partial charge in [-0.15, -0.1) is 0 Å². The number of benzene rings is 2. The predicted molar refractivity (Wildman–Crippen MR) is 138 cm³/mol. The molecule has 0 bridgehead atoms. The summed E-state index contributed by atoms with van der Waals surface area (Å²) >= 11 is 6.11. The van der Waals surface area contributed by atoms with E-state index in [1.807, 2.05) is 43.7 Å². The molecule has 1 fully saturated rings. The number of hydrogen-bond donors (Lipinski definition) is 2. The molecule has 1 atom stereocenters. The van der Waals surface area contributed by atoms with E-state index in [0.717, 1.165) is 67.0 Å². The van der Waals surface area contributed by atoms with E-state index in [-0.39, 0.29) is 0 Å². The van der Waals surface area contributed by atoms with Gasteiger partial charge < -0.3 is 19.9 Å². The lowest BCUT2D eigenvalue weighted by Crippen LogP contribution is -2.35. The highest BCUT2D eigenvalue weighted by molar-refractivity contribution is 6.30. The number of fused-ring (bicyclic) bond motifs is 1. The number of hydrogen-bond acceptors (Lipinski definition) is 5. The van der Waals surface area contributed by atoms with Crippen LogP contribution in [-0.2, 0) is 6.54 Å². The molecule has 0 aliphatic carbocycles. The Kier molecular flexibility index (Phi) is 6.70. The Morgan fingerprint density at radius 2 is 1.91 bits per heavy atom. The number of pyridine rings is 1.